The van der Waals surface area contributed by atoms with E-state index >= 15 is 0 Å². The van der Waals surface area contributed by atoms with E-state index in [1.807, 2.05) is 11.3 Å². The first-order valence-electron chi connectivity index (χ1n) is 24.9. The van der Waals surface area contributed by atoms with Crippen molar-refractivity contribution < 1.29 is 9.47 Å². The Bertz CT molecular complexity index is 3630. The monoisotopic (exact) mass is 932 g/mol. The minimum atomic E-state index is -0.121. The summed E-state index contributed by atoms with van der Waals surface area (Å²) >= 11 is 1.87. The van der Waals surface area contributed by atoms with E-state index in [-0.39, 0.29) is 28.4 Å². The number of nitrogens with zero attached hydrogens (tertiary/aromatic N) is 2. The Hall–Kier alpha value is -6.76. The number of aromatic nitrogens is 1. The SMILES string of the molecule is CC(C)(C)c1ccc(N(c2ccc(C(C)(C)C)cc2)c2ccc3c(c2)Oc2cccc4c2B3c2c(cc(-n3c5ccc(C(C)(C)C)cc5c5cc(C(C)(C)C)ccc53)c3c2sc2ccccc23)O4)cc1. The Morgan fingerprint density at radius 2 is 0.929 bits per heavy atom. The van der Waals surface area contributed by atoms with Crippen molar-refractivity contribution in [3.63, 3.8) is 0 Å². The van der Waals surface area contributed by atoms with Crippen molar-refractivity contribution in [1.29, 1.82) is 0 Å². The van der Waals surface area contributed by atoms with Crippen LogP contribution < -0.4 is 30.8 Å². The zero-order chi connectivity index (χ0) is 48.8. The molecular formula is C64H61BN2O2S. The molecule has 0 aliphatic carbocycles. The molecule has 70 heavy (non-hydrogen) atoms. The van der Waals surface area contributed by atoms with Crippen LogP contribution >= 0.6 is 11.3 Å². The van der Waals surface area contributed by atoms with E-state index in [9.17, 15) is 0 Å². The van der Waals surface area contributed by atoms with Crippen LogP contribution in [-0.4, -0.2) is 11.3 Å². The lowest BCUT2D eigenvalue weighted by atomic mass is 9.34. The molecule has 12 rings (SSSR count). The molecule has 0 atom stereocenters. The Balaban J connectivity index is 1.08. The summed E-state index contributed by atoms with van der Waals surface area (Å²) in [6.07, 6.45) is 0. The molecule has 0 saturated heterocycles. The summed E-state index contributed by atoms with van der Waals surface area (Å²) in [7, 11) is 0. The fourth-order valence-electron chi connectivity index (χ4n) is 11.0. The number of anilines is 3. The maximum absolute atomic E-state index is 7.18. The van der Waals surface area contributed by atoms with Crippen molar-refractivity contribution in [2.75, 3.05) is 4.90 Å². The first-order valence-corrected chi connectivity index (χ1v) is 25.8. The van der Waals surface area contributed by atoms with Crippen molar-refractivity contribution in [3.8, 4) is 28.7 Å². The molecule has 0 bridgehead atoms. The second kappa shape index (κ2) is 15.4. The van der Waals surface area contributed by atoms with Gasteiger partial charge in [-0.15, -0.1) is 11.3 Å². The number of thiophene rings is 1. The van der Waals surface area contributed by atoms with Crippen molar-refractivity contribution in [2.45, 2.75) is 105 Å². The molecule has 2 aromatic heterocycles. The van der Waals surface area contributed by atoms with Gasteiger partial charge in [-0.1, -0.05) is 150 Å². The number of rotatable bonds is 4. The number of hydrogen-bond acceptors (Lipinski definition) is 4. The largest absolute Gasteiger partial charge is 0.458 e. The highest BCUT2D eigenvalue weighted by molar-refractivity contribution is 7.28. The van der Waals surface area contributed by atoms with Crippen LogP contribution in [-0.2, 0) is 21.7 Å². The molecule has 4 nitrogen and oxygen atoms in total. The van der Waals surface area contributed by atoms with Crippen LogP contribution in [0.15, 0.2) is 152 Å². The highest BCUT2D eigenvalue weighted by atomic mass is 32.1. The van der Waals surface area contributed by atoms with E-state index in [1.54, 1.807) is 0 Å². The summed E-state index contributed by atoms with van der Waals surface area (Å²) in [5, 5.41) is 5.04. The van der Waals surface area contributed by atoms with E-state index < -0.39 is 0 Å². The third-order valence-electron chi connectivity index (χ3n) is 15.0. The van der Waals surface area contributed by atoms with Gasteiger partial charge in [0.1, 0.15) is 23.0 Å². The van der Waals surface area contributed by atoms with Crippen LogP contribution in [0, 0.1) is 0 Å². The van der Waals surface area contributed by atoms with Crippen molar-refractivity contribution in [2.24, 2.45) is 0 Å². The summed E-state index contributed by atoms with van der Waals surface area (Å²) in [5.41, 5.74) is 15.5. The third kappa shape index (κ3) is 7.08. The minimum absolute atomic E-state index is 0.00142. The van der Waals surface area contributed by atoms with Gasteiger partial charge in [-0.05, 0) is 128 Å². The third-order valence-corrected chi connectivity index (χ3v) is 16.2. The summed E-state index contributed by atoms with van der Waals surface area (Å²) < 4.78 is 19.2. The number of fused-ring (bicyclic) bond motifs is 11. The number of ether oxygens (including phenoxy) is 2. The van der Waals surface area contributed by atoms with Crippen molar-refractivity contribution >= 4 is 93.5 Å². The van der Waals surface area contributed by atoms with Crippen LogP contribution in [0.2, 0.25) is 0 Å². The lowest BCUT2D eigenvalue weighted by molar-refractivity contribution is 0.465. The molecule has 0 radical (unpaired) electrons. The predicted octanol–water partition coefficient (Wildman–Crippen LogP) is 16.5. The summed E-state index contributed by atoms with van der Waals surface area (Å²) in [5.74, 6) is 3.40. The fourth-order valence-corrected chi connectivity index (χ4v) is 12.3. The van der Waals surface area contributed by atoms with Gasteiger partial charge in [-0.3, -0.25) is 0 Å². The average Bonchev–Trinajstić information content (AvgIpc) is 3.86. The van der Waals surface area contributed by atoms with E-state index in [4.69, 9.17) is 9.47 Å². The molecule has 0 amide bonds. The molecule has 0 spiro atoms. The van der Waals surface area contributed by atoms with E-state index in [2.05, 4.69) is 244 Å². The van der Waals surface area contributed by atoms with Gasteiger partial charge in [0.2, 0.25) is 0 Å². The summed E-state index contributed by atoms with van der Waals surface area (Å²) in [4.78, 5) is 2.36. The number of benzene rings is 8. The van der Waals surface area contributed by atoms with Crippen LogP contribution in [0.25, 0.3) is 47.7 Å². The van der Waals surface area contributed by atoms with Crippen molar-refractivity contribution in [3.05, 3.63) is 174 Å². The Morgan fingerprint density at radius 1 is 0.429 bits per heavy atom. The molecule has 2 aliphatic heterocycles. The van der Waals surface area contributed by atoms with Gasteiger partial charge in [0.05, 0.1) is 16.7 Å². The second-order valence-electron chi connectivity index (χ2n) is 23.9. The maximum Gasteiger partial charge on any atom is 0.262 e. The van der Waals surface area contributed by atoms with E-state index in [1.165, 1.54) is 69.7 Å². The van der Waals surface area contributed by atoms with Crippen LogP contribution in [0.3, 0.4) is 0 Å². The van der Waals surface area contributed by atoms with Gasteiger partial charge in [0, 0.05) is 65.6 Å². The molecule has 348 valence electrons. The van der Waals surface area contributed by atoms with Gasteiger partial charge < -0.3 is 18.9 Å². The highest BCUT2D eigenvalue weighted by Gasteiger charge is 2.43. The zero-order valence-corrected chi connectivity index (χ0v) is 43.4. The predicted molar refractivity (Wildman–Crippen MR) is 301 cm³/mol. The van der Waals surface area contributed by atoms with Gasteiger partial charge in [0.15, 0.2) is 0 Å². The fraction of sp³-hybridized carbons (Fsp3) is 0.250. The van der Waals surface area contributed by atoms with Crippen LogP contribution in [0.1, 0.15) is 105 Å². The number of hydrogen-bond donors (Lipinski definition) is 0. The Kier molecular flexibility index (Phi) is 9.76. The smallest absolute Gasteiger partial charge is 0.262 e. The van der Waals surface area contributed by atoms with Gasteiger partial charge in [-0.25, -0.2) is 0 Å². The molecule has 2 aliphatic rings. The molecule has 0 N–H and O–H groups in total. The van der Waals surface area contributed by atoms with Crippen LogP contribution in [0.5, 0.6) is 23.0 Å². The topological polar surface area (TPSA) is 26.6 Å². The van der Waals surface area contributed by atoms with E-state index in [0.717, 1.165) is 56.7 Å². The Morgan fingerprint density at radius 3 is 1.47 bits per heavy atom. The average molecular weight is 933 g/mol. The normalized spacial score (nSPS) is 13.6. The molecule has 0 unspecified atom stereocenters. The zero-order valence-electron chi connectivity index (χ0n) is 42.6. The second-order valence-corrected chi connectivity index (χ2v) is 24.9. The van der Waals surface area contributed by atoms with Gasteiger partial charge in [-0.2, -0.15) is 0 Å². The van der Waals surface area contributed by atoms with Crippen molar-refractivity contribution in [1.82, 2.24) is 4.57 Å². The summed E-state index contributed by atoms with van der Waals surface area (Å²) in [6.45, 7) is 27.3. The molecule has 0 saturated carbocycles. The van der Waals surface area contributed by atoms with E-state index in [0.29, 0.717) is 0 Å². The highest BCUT2D eigenvalue weighted by Crippen LogP contribution is 2.47. The maximum atomic E-state index is 7.18. The molecule has 0 fully saturated rings. The lowest BCUT2D eigenvalue weighted by Gasteiger charge is -2.34. The van der Waals surface area contributed by atoms with Gasteiger partial charge >= 0.3 is 0 Å². The molecule has 8 aromatic carbocycles. The first kappa shape index (κ1) is 44.5. The first-order chi connectivity index (χ1) is 33.2. The minimum Gasteiger partial charge on any atom is -0.458 e. The molecule has 4 heterocycles. The standard InChI is InChI=1S/C64H61BN2O2S/c1-61(2,3)38-20-26-42(27-21-38)66(43-28-22-39(23-29-43)62(4,5)6)44-30-31-48-54(36-44)68-52-17-15-18-53-58(52)65(48)59-55(69-53)37-51(57-45-16-13-14-19-56(45)70-60(57)59)67-49-32-24-40(63(7,8)9)34-46(49)47-35-41(64(10,11)12)25-33-50(47)67/h13-37H,1-12H3. The summed E-state index contributed by atoms with van der Waals surface area (Å²) in [6, 6.07) is 56.7. The molecule has 10 aromatic rings. The van der Waals surface area contributed by atoms with Crippen LogP contribution in [0.4, 0.5) is 17.1 Å². The quantitative estimate of drug-likeness (QED) is 0.165. The lowest BCUT2D eigenvalue weighted by Crippen LogP contribution is -2.57. The van der Waals surface area contributed by atoms with Gasteiger partial charge in [0.25, 0.3) is 6.71 Å². The molecule has 6 heteroatoms. The molecular weight excluding hydrogens is 872 g/mol. The Labute approximate surface area is 417 Å².